The van der Waals surface area contributed by atoms with E-state index in [2.05, 4.69) is 60.7 Å². The zero-order chi connectivity index (χ0) is 37.7. The SMILES string of the molecule is c1ccc(-c2nc(-c3ccccc3)nc(-c3ccc(-c4nc(-c5ccccc5)c5oc6ncc(-c7ccc8cc9ccccc9cc8c7)cc6c5n4)cc3)n2)cc1. The molecule has 0 unspecified atom stereocenters. The second-order valence-electron chi connectivity index (χ2n) is 14.0. The van der Waals surface area contributed by atoms with Gasteiger partial charge in [0, 0.05) is 39.6 Å². The summed E-state index contributed by atoms with van der Waals surface area (Å²) in [5, 5.41) is 5.63. The number of benzene rings is 7. The first kappa shape index (κ1) is 32.5. The van der Waals surface area contributed by atoms with Crippen LogP contribution in [0.1, 0.15) is 0 Å². The normalized spacial score (nSPS) is 11.5. The van der Waals surface area contributed by atoms with Gasteiger partial charge in [-0.25, -0.2) is 29.9 Å². The van der Waals surface area contributed by atoms with Crippen molar-refractivity contribution in [2.75, 3.05) is 0 Å². The van der Waals surface area contributed by atoms with E-state index in [1.807, 2.05) is 121 Å². The van der Waals surface area contributed by atoms with Crippen molar-refractivity contribution in [3.8, 4) is 67.9 Å². The third-order valence-electron chi connectivity index (χ3n) is 10.4. The van der Waals surface area contributed by atoms with Crippen molar-refractivity contribution in [3.63, 3.8) is 0 Å². The fraction of sp³-hybridized carbons (Fsp3) is 0. The zero-order valence-electron chi connectivity index (χ0n) is 30.4. The lowest BCUT2D eigenvalue weighted by Crippen LogP contribution is -2.00. The number of fused-ring (bicyclic) bond motifs is 5. The van der Waals surface area contributed by atoms with E-state index >= 15 is 0 Å². The highest BCUT2D eigenvalue weighted by atomic mass is 16.3. The largest absolute Gasteiger partial charge is 0.434 e. The van der Waals surface area contributed by atoms with Crippen LogP contribution in [0.15, 0.2) is 187 Å². The molecule has 4 heterocycles. The maximum Gasteiger partial charge on any atom is 0.229 e. The quantitative estimate of drug-likeness (QED) is 0.157. The fourth-order valence-corrected chi connectivity index (χ4v) is 7.43. The predicted molar refractivity (Wildman–Crippen MR) is 228 cm³/mol. The van der Waals surface area contributed by atoms with Gasteiger partial charge >= 0.3 is 0 Å². The third-order valence-corrected chi connectivity index (χ3v) is 10.4. The summed E-state index contributed by atoms with van der Waals surface area (Å²) in [6.07, 6.45) is 1.87. The van der Waals surface area contributed by atoms with Crippen molar-refractivity contribution in [1.29, 1.82) is 0 Å². The summed E-state index contributed by atoms with van der Waals surface area (Å²) in [4.78, 5) is 29.8. The Bertz CT molecular complexity index is 3220. The van der Waals surface area contributed by atoms with Crippen LogP contribution in [0.25, 0.3) is 112 Å². The Morgan fingerprint density at radius 2 is 0.807 bits per heavy atom. The summed E-state index contributed by atoms with van der Waals surface area (Å²) in [6, 6.07) is 59.7. The summed E-state index contributed by atoms with van der Waals surface area (Å²) in [6.45, 7) is 0. The standard InChI is InChI=1S/C50H30N6O/c1-4-12-31(13-5-1)43-45-44(42-29-41(30-51-50(42)57-45)39-25-24-38-26-36-18-10-11-19-37(36)27-40(38)28-39)53-46(52-43)34-20-22-35(23-21-34)49-55-47(32-14-6-2-7-15-32)54-48(56-49)33-16-8-3-9-17-33/h1-30H. The third kappa shape index (κ3) is 5.95. The molecule has 11 rings (SSSR count). The van der Waals surface area contributed by atoms with E-state index in [4.69, 9.17) is 34.3 Å². The van der Waals surface area contributed by atoms with Crippen molar-refractivity contribution in [2.45, 2.75) is 0 Å². The minimum Gasteiger partial charge on any atom is -0.434 e. The molecule has 7 nitrogen and oxygen atoms in total. The van der Waals surface area contributed by atoms with E-state index in [1.54, 1.807) is 0 Å². The van der Waals surface area contributed by atoms with E-state index < -0.39 is 0 Å². The van der Waals surface area contributed by atoms with E-state index in [1.165, 1.54) is 21.5 Å². The molecule has 266 valence electrons. The van der Waals surface area contributed by atoms with E-state index in [0.29, 0.717) is 45.8 Å². The Morgan fingerprint density at radius 1 is 0.333 bits per heavy atom. The zero-order valence-corrected chi connectivity index (χ0v) is 30.4. The van der Waals surface area contributed by atoms with Gasteiger partial charge in [0.15, 0.2) is 28.9 Å². The summed E-state index contributed by atoms with van der Waals surface area (Å²) >= 11 is 0. The van der Waals surface area contributed by atoms with Crippen LogP contribution in [0.3, 0.4) is 0 Å². The van der Waals surface area contributed by atoms with Crippen molar-refractivity contribution in [1.82, 2.24) is 29.9 Å². The van der Waals surface area contributed by atoms with E-state index in [9.17, 15) is 0 Å². The van der Waals surface area contributed by atoms with Crippen molar-refractivity contribution < 1.29 is 4.42 Å². The Morgan fingerprint density at radius 3 is 1.40 bits per heavy atom. The molecule has 0 bridgehead atoms. The smallest absolute Gasteiger partial charge is 0.229 e. The molecule has 0 atom stereocenters. The molecule has 7 aromatic carbocycles. The van der Waals surface area contributed by atoms with Gasteiger partial charge in [0.25, 0.3) is 0 Å². The molecule has 0 fully saturated rings. The lowest BCUT2D eigenvalue weighted by Gasteiger charge is -2.09. The van der Waals surface area contributed by atoms with E-state index in [-0.39, 0.29) is 0 Å². The topological polar surface area (TPSA) is 90.5 Å². The first-order valence-corrected chi connectivity index (χ1v) is 18.8. The number of nitrogens with zero attached hydrogens (tertiary/aromatic N) is 6. The minimum absolute atomic E-state index is 0.512. The Hall–Kier alpha value is -7.90. The average molecular weight is 731 g/mol. The molecule has 4 aromatic heterocycles. The Kier molecular flexibility index (Phi) is 7.67. The van der Waals surface area contributed by atoms with Crippen molar-refractivity contribution in [3.05, 3.63) is 182 Å². The number of aromatic nitrogens is 6. The minimum atomic E-state index is 0.512. The van der Waals surface area contributed by atoms with Crippen molar-refractivity contribution >= 4 is 43.7 Å². The van der Waals surface area contributed by atoms with Crippen molar-refractivity contribution in [2.24, 2.45) is 0 Å². The molecule has 57 heavy (non-hydrogen) atoms. The first-order valence-electron chi connectivity index (χ1n) is 18.8. The molecule has 0 amide bonds. The van der Waals surface area contributed by atoms with Gasteiger partial charge in [-0.15, -0.1) is 0 Å². The van der Waals surface area contributed by atoms with E-state index in [0.717, 1.165) is 44.3 Å². The number of furan rings is 1. The molecule has 0 saturated heterocycles. The lowest BCUT2D eigenvalue weighted by atomic mass is 9.99. The van der Waals surface area contributed by atoms with Crippen LogP contribution in [0, 0.1) is 0 Å². The van der Waals surface area contributed by atoms with Gasteiger partial charge in [0.05, 0.1) is 5.39 Å². The van der Waals surface area contributed by atoms with Gasteiger partial charge in [0.1, 0.15) is 11.2 Å². The van der Waals surface area contributed by atoms with Gasteiger partial charge in [0.2, 0.25) is 5.71 Å². The van der Waals surface area contributed by atoms with Crippen LogP contribution < -0.4 is 0 Å². The average Bonchev–Trinajstić information content (AvgIpc) is 3.66. The maximum atomic E-state index is 6.45. The van der Waals surface area contributed by atoms with Crippen LogP contribution in [0.2, 0.25) is 0 Å². The van der Waals surface area contributed by atoms with Crippen LogP contribution in [0.4, 0.5) is 0 Å². The number of hydrogen-bond acceptors (Lipinski definition) is 7. The summed E-state index contributed by atoms with van der Waals surface area (Å²) in [7, 11) is 0. The first-order chi connectivity index (χ1) is 28.2. The van der Waals surface area contributed by atoms with Gasteiger partial charge in [-0.2, -0.15) is 0 Å². The van der Waals surface area contributed by atoms with Crippen LogP contribution >= 0.6 is 0 Å². The number of pyridine rings is 1. The summed E-state index contributed by atoms with van der Waals surface area (Å²) in [5.74, 6) is 2.38. The Labute approximate surface area is 327 Å². The highest BCUT2D eigenvalue weighted by molar-refractivity contribution is 6.07. The van der Waals surface area contributed by atoms with Gasteiger partial charge in [-0.05, 0) is 51.4 Å². The maximum absolute atomic E-state index is 6.45. The molecular weight excluding hydrogens is 701 g/mol. The summed E-state index contributed by atoms with van der Waals surface area (Å²) < 4.78 is 6.45. The highest BCUT2D eigenvalue weighted by Crippen LogP contribution is 2.37. The fourth-order valence-electron chi connectivity index (χ4n) is 7.43. The van der Waals surface area contributed by atoms with Gasteiger partial charge in [-0.3, -0.25) is 0 Å². The molecule has 0 aliphatic carbocycles. The summed E-state index contributed by atoms with van der Waals surface area (Å²) in [5.41, 5.74) is 9.03. The van der Waals surface area contributed by atoms with Gasteiger partial charge in [-0.1, -0.05) is 152 Å². The highest BCUT2D eigenvalue weighted by Gasteiger charge is 2.20. The van der Waals surface area contributed by atoms with Crippen LogP contribution in [0.5, 0.6) is 0 Å². The molecule has 0 aliphatic heterocycles. The number of hydrogen-bond donors (Lipinski definition) is 0. The monoisotopic (exact) mass is 730 g/mol. The second-order valence-corrected chi connectivity index (χ2v) is 14.0. The molecule has 7 heteroatoms. The molecule has 11 aromatic rings. The van der Waals surface area contributed by atoms with Gasteiger partial charge < -0.3 is 4.42 Å². The Balaban J connectivity index is 1.03. The second kappa shape index (κ2) is 13.4. The molecule has 0 N–H and O–H groups in total. The predicted octanol–water partition coefficient (Wildman–Crippen LogP) is 12.3. The molecule has 0 saturated carbocycles. The molecule has 0 radical (unpaired) electrons. The lowest BCUT2D eigenvalue weighted by molar-refractivity contribution is 0.653. The van der Waals surface area contributed by atoms with Crippen LogP contribution in [-0.4, -0.2) is 29.9 Å². The number of rotatable bonds is 6. The van der Waals surface area contributed by atoms with Crippen LogP contribution in [-0.2, 0) is 0 Å². The molecule has 0 aliphatic rings. The molecular formula is C50H30N6O. The molecule has 0 spiro atoms.